The van der Waals surface area contributed by atoms with Crippen molar-refractivity contribution >= 4 is 17.5 Å². The van der Waals surface area contributed by atoms with Crippen LogP contribution in [0.25, 0.3) is 0 Å². The average Bonchev–Trinajstić information content (AvgIpc) is 2.21. The number of phenolic OH excluding ortho intramolecular Hbond substituents is 1. The number of carbonyl (C=O) groups is 1. The van der Waals surface area contributed by atoms with E-state index in [0.717, 1.165) is 0 Å². The van der Waals surface area contributed by atoms with E-state index in [0.29, 0.717) is 5.02 Å². The molecule has 0 bridgehead atoms. The second kappa shape index (κ2) is 4.67. The van der Waals surface area contributed by atoms with Crippen molar-refractivity contribution in [3.63, 3.8) is 0 Å². The molecule has 0 radical (unpaired) electrons. The van der Waals surface area contributed by atoms with Gasteiger partial charge in [-0.15, -0.1) is 0 Å². The van der Waals surface area contributed by atoms with Crippen molar-refractivity contribution in [3.8, 4) is 11.8 Å². The van der Waals surface area contributed by atoms with Gasteiger partial charge in [0, 0.05) is 12.1 Å². The summed E-state index contributed by atoms with van der Waals surface area (Å²) in [5.41, 5.74) is 0.0975. The zero-order valence-corrected chi connectivity index (χ0v) is 8.82. The molecule has 0 saturated carbocycles. The Morgan fingerprint density at radius 3 is 2.93 bits per heavy atom. The van der Waals surface area contributed by atoms with Crippen LogP contribution in [0.15, 0.2) is 18.2 Å². The van der Waals surface area contributed by atoms with E-state index in [9.17, 15) is 9.90 Å². The second-order valence-electron chi connectivity index (χ2n) is 2.98. The largest absolute Gasteiger partial charge is 0.507 e. The third-order valence-electron chi connectivity index (χ3n) is 1.84. The quantitative estimate of drug-likeness (QED) is 0.777. The second-order valence-corrected chi connectivity index (χ2v) is 3.42. The van der Waals surface area contributed by atoms with Crippen LogP contribution in [0, 0.1) is 11.3 Å². The monoisotopic (exact) mass is 224 g/mol. The summed E-state index contributed by atoms with van der Waals surface area (Å²) in [5.74, 6) is -0.578. The van der Waals surface area contributed by atoms with Gasteiger partial charge in [0.1, 0.15) is 12.3 Å². The highest BCUT2D eigenvalue weighted by Gasteiger charge is 2.15. The molecule has 1 amide bonds. The fourth-order valence-electron chi connectivity index (χ4n) is 1.06. The van der Waals surface area contributed by atoms with Crippen LogP contribution in [0.4, 0.5) is 0 Å². The van der Waals surface area contributed by atoms with Gasteiger partial charge in [0.05, 0.1) is 11.6 Å². The molecule has 1 aromatic rings. The summed E-state index contributed by atoms with van der Waals surface area (Å²) in [7, 11) is 1.48. The van der Waals surface area contributed by atoms with Gasteiger partial charge >= 0.3 is 0 Å². The van der Waals surface area contributed by atoms with Crippen molar-refractivity contribution in [1.29, 1.82) is 5.26 Å². The lowest BCUT2D eigenvalue weighted by Gasteiger charge is -2.13. The van der Waals surface area contributed by atoms with Gasteiger partial charge in [-0.25, -0.2) is 0 Å². The lowest BCUT2D eigenvalue weighted by molar-refractivity contribution is 0.0809. The van der Waals surface area contributed by atoms with Crippen LogP contribution in [0.3, 0.4) is 0 Å². The number of amides is 1. The van der Waals surface area contributed by atoms with E-state index in [1.165, 1.54) is 30.1 Å². The number of rotatable bonds is 2. The van der Waals surface area contributed by atoms with Crippen molar-refractivity contribution in [1.82, 2.24) is 4.90 Å². The van der Waals surface area contributed by atoms with Crippen molar-refractivity contribution in [2.45, 2.75) is 0 Å². The Morgan fingerprint density at radius 2 is 2.33 bits per heavy atom. The molecule has 0 atom stereocenters. The Morgan fingerprint density at radius 1 is 1.67 bits per heavy atom. The van der Waals surface area contributed by atoms with Crippen LogP contribution in [0.5, 0.6) is 5.75 Å². The van der Waals surface area contributed by atoms with Crippen LogP contribution in [0.1, 0.15) is 10.4 Å². The predicted molar refractivity (Wildman–Crippen MR) is 55.7 cm³/mol. The smallest absolute Gasteiger partial charge is 0.258 e. The fraction of sp³-hybridized carbons (Fsp3) is 0.200. The van der Waals surface area contributed by atoms with Gasteiger partial charge < -0.3 is 10.0 Å². The van der Waals surface area contributed by atoms with Gasteiger partial charge in [-0.2, -0.15) is 5.26 Å². The number of phenols is 1. The molecule has 0 spiro atoms. The summed E-state index contributed by atoms with van der Waals surface area (Å²) in [6.45, 7) is -0.0369. The molecule has 0 aliphatic heterocycles. The summed E-state index contributed by atoms with van der Waals surface area (Å²) in [6.07, 6.45) is 0. The molecule has 0 aromatic heterocycles. The Balaban J connectivity index is 3.01. The molecule has 0 heterocycles. The summed E-state index contributed by atoms with van der Waals surface area (Å²) in [6, 6.07) is 6.04. The van der Waals surface area contributed by atoms with E-state index in [2.05, 4.69) is 0 Å². The Kier molecular flexibility index (Phi) is 3.53. The minimum absolute atomic E-state index is 0.0369. The summed E-state index contributed by atoms with van der Waals surface area (Å²) >= 11 is 5.70. The van der Waals surface area contributed by atoms with Crippen LogP contribution in [-0.4, -0.2) is 29.5 Å². The molecule has 4 nitrogen and oxygen atoms in total. The van der Waals surface area contributed by atoms with Crippen molar-refractivity contribution in [2.24, 2.45) is 0 Å². The number of benzene rings is 1. The van der Waals surface area contributed by atoms with E-state index in [1.807, 2.05) is 6.07 Å². The SMILES string of the molecule is CN(CC#N)C(=O)c1cc(Cl)ccc1O. The third kappa shape index (κ3) is 2.61. The Labute approximate surface area is 92.3 Å². The van der Waals surface area contributed by atoms with Crippen LogP contribution < -0.4 is 0 Å². The zero-order chi connectivity index (χ0) is 11.4. The van der Waals surface area contributed by atoms with E-state index in [1.54, 1.807) is 0 Å². The molecule has 0 saturated heterocycles. The van der Waals surface area contributed by atoms with Gasteiger partial charge in [-0.1, -0.05) is 11.6 Å². The first-order valence-corrected chi connectivity index (χ1v) is 4.55. The predicted octanol–water partition coefficient (Wildman–Crippen LogP) is 1.64. The molecule has 0 unspecified atom stereocenters. The number of hydrogen-bond donors (Lipinski definition) is 1. The van der Waals surface area contributed by atoms with Crippen LogP contribution in [-0.2, 0) is 0 Å². The lowest BCUT2D eigenvalue weighted by Crippen LogP contribution is -2.26. The minimum atomic E-state index is -0.434. The van der Waals surface area contributed by atoms with Gasteiger partial charge in [0.25, 0.3) is 5.91 Å². The normalized spacial score (nSPS) is 9.40. The van der Waals surface area contributed by atoms with E-state index < -0.39 is 5.91 Å². The highest BCUT2D eigenvalue weighted by molar-refractivity contribution is 6.31. The molecule has 15 heavy (non-hydrogen) atoms. The highest BCUT2D eigenvalue weighted by Crippen LogP contribution is 2.22. The number of carbonyl (C=O) groups excluding carboxylic acids is 1. The molecule has 0 fully saturated rings. The molecule has 78 valence electrons. The van der Waals surface area contributed by atoms with E-state index >= 15 is 0 Å². The molecular weight excluding hydrogens is 216 g/mol. The maximum absolute atomic E-state index is 11.7. The topological polar surface area (TPSA) is 64.3 Å². The molecule has 1 rings (SSSR count). The van der Waals surface area contributed by atoms with Crippen molar-refractivity contribution in [3.05, 3.63) is 28.8 Å². The first-order chi connectivity index (χ1) is 7.06. The van der Waals surface area contributed by atoms with E-state index in [4.69, 9.17) is 16.9 Å². The highest BCUT2D eigenvalue weighted by atomic mass is 35.5. The first kappa shape index (κ1) is 11.3. The standard InChI is InChI=1S/C10H9ClN2O2/c1-13(5-4-12)10(15)8-6-7(11)2-3-9(8)14/h2-3,6,14H,5H2,1H3. The molecule has 0 aliphatic carbocycles. The Hall–Kier alpha value is -1.73. The molecule has 5 heteroatoms. The fourth-order valence-corrected chi connectivity index (χ4v) is 1.24. The minimum Gasteiger partial charge on any atom is -0.507 e. The van der Waals surface area contributed by atoms with Crippen LogP contribution >= 0.6 is 11.6 Å². The van der Waals surface area contributed by atoms with Gasteiger partial charge in [0.2, 0.25) is 0 Å². The zero-order valence-electron chi connectivity index (χ0n) is 8.07. The molecule has 0 aliphatic rings. The first-order valence-electron chi connectivity index (χ1n) is 4.17. The molecule has 1 N–H and O–H groups in total. The third-order valence-corrected chi connectivity index (χ3v) is 2.08. The summed E-state index contributed by atoms with van der Waals surface area (Å²) < 4.78 is 0. The molecule has 1 aromatic carbocycles. The lowest BCUT2D eigenvalue weighted by atomic mass is 10.2. The number of halogens is 1. The van der Waals surface area contributed by atoms with E-state index in [-0.39, 0.29) is 17.9 Å². The van der Waals surface area contributed by atoms with Gasteiger partial charge in [-0.3, -0.25) is 4.79 Å². The maximum Gasteiger partial charge on any atom is 0.258 e. The number of nitriles is 1. The summed E-state index contributed by atoms with van der Waals surface area (Å²) in [5, 5.41) is 18.2. The summed E-state index contributed by atoms with van der Waals surface area (Å²) in [4.78, 5) is 12.9. The van der Waals surface area contributed by atoms with Crippen LogP contribution in [0.2, 0.25) is 5.02 Å². The van der Waals surface area contributed by atoms with Crippen molar-refractivity contribution < 1.29 is 9.90 Å². The number of nitrogens with zero attached hydrogens (tertiary/aromatic N) is 2. The molecular formula is C10H9ClN2O2. The average molecular weight is 225 g/mol. The number of aromatic hydroxyl groups is 1. The van der Waals surface area contributed by atoms with Gasteiger partial charge in [0.15, 0.2) is 0 Å². The maximum atomic E-state index is 11.7. The van der Waals surface area contributed by atoms with Crippen molar-refractivity contribution in [2.75, 3.05) is 13.6 Å². The van der Waals surface area contributed by atoms with Gasteiger partial charge in [-0.05, 0) is 18.2 Å². The Bertz CT molecular complexity index is 426. The number of hydrogen-bond acceptors (Lipinski definition) is 3.